The van der Waals surface area contributed by atoms with Crippen LogP contribution in [0, 0.1) is 0 Å². The zero-order chi connectivity index (χ0) is 10.8. The number of aliphatic hydroxyl groups is 1. The zero-order valence-corrected chi connectivity index (χ0v) is 9.66. The lowest BCUT2D eigenvalue weighted by Gasteiger charge is -2.23. The van der Waals surface area contributed by atoms with E-state index in [4.69, 9.17) is 15.2 Å². The summed E-state index contributed by atoms with van der Waals surface area (Å²) in [5, 5.41) is 9.78. The first kappa shape index (κ1) is 10.7. The second kappa shape index (κ2) is 4.38. The van der Waals surface area contributed by atoms with Crippen molar-refractivity contribution in [2.24, 2.45) is 5.73 Å². The van der Waals surface area contributed by atoms with Gasteiger partial charge in [-0.15, -0.1) is 0 Å². The minimum Gasteiger partial charge on any atom is -0.486 e. The van der Waals surface area contributed by atoms with Crippen LogP contribution in [-0.4, -0.2) is 24.9 Å². The summed E-state index contributed by atoms with van der Waals surface area (Å²) in [6.07, 6.45) is -0.740. The standard InChI is InChI=1S/C10H12BrNO3/c11-6-1-2-8-10(15-4-3-14-8)9(6)7(13)5-12/h1-2,7,13H,3-5,12H2. The normalized spacial score (nSPS) is 16.2. The first-order valence-electron chi connectivity index (χ1n) is 4.70. The Labute approximate surface area is 96.1 Å². The third-order valence-corrected chi connectivity index (χ3v) is 2.94. The van der Waals surface area contributed by atoms with Crippen LogP contribution in [0.3, 0.4) is 0 Å². The predicted molar refractivity (Wildman–Crippen MR) is 59.1 cm³/mol. The topological polar surface area (TPSA) is 64.7 Å². The van der Waals surface area contributed by atoms with Crippen molar-refractivity contribution in [2.45, 2.75) is 6.10 Å². The van der Waals surface area contributed by atoms with Gasteiger partial charge in [0.2, 0.25) is 0 Å². The second-order valence-corrected chi connectivity index (χ2v) is 4.09. The highest BCUT2D eigenvalue weighted by Gasteiger charge is 2.22. The smallest absolute Gasteiger partial charge is 0.168 e. The summed E-state index contributed by atoms with van der Waals surface area (Å²) in [7, 11) is 0. The van der Waals surface area contributed by atoms with E-state index >= 15 is 0 Å². The maximum atomic E-state index is 9.78. The molecule has 1 aliphatic rings. The molecule has 3 N–H and O–H groups in total. The molecule has 2 rings (SSSR count). The van der Waals surface area contributed by atoms with Gasteiger partial charge in [0.15, 0.2) is 11.5 Å². The zero-order valence-electron chi connectivity index (χ0n) is 8.07. The van der Waals surface area contributed by atoms with Gasteiger partial charge in [-0.25, -0.2) is 0 Å². The largest absolute Gasteiger partial charge is 0.486 e. The Morgan fingerprint density at radius 1 is 1.40 bits per heavy atom. The third-order valence-electron chi connectivity index (χ3n) is 2.25. The summed E-state index contributed by atoms with van der Waals surface area (Å²) in [6.45, 7) is 1.18. The number of rotatable bonds is 2. The molecule has 82 valence electrons. The van der Waals surface area contributed by atoms with Crippen molar-refractivity contribution in [1.29, 1.82) is 0 Å². The maximum Gasteiger partial charge on any atom is 0.168 e. The van der Waals surface area contributed by atoms with Crippen LogP contribution in [0.2, 0.25) is 0 Å². The van der Waals surface area contributed by atoms with Gasteiger partial charge in [0, 0.05) is 16.6 Å². The molecule has 0 aromatic heterocycles. The van der Waals surface area contributed by atoms with Gasteiger partial charge in [-0.05, 0) is 12.1 Å². The van der Waals surface area contributed by atoms with Gasteiger partial charge in [-0.2, -0.15) is 0 Å². The minimum absolute atomic E-state index is 0.151. The number of aliphatic hydroxyl groups excluding tert-OH is 1. The molecule has 1 heterocycles. The number of halogens is 1. The first-order valence-corrected chi connectivity index (χ1v) is 5.49. The molecule has 0 spiro atoms. The van der Waals surface area contributed by atoms with E-state index < -0.39 is 6.10 Å². The van der Waals surface area contributed by atoms with Gasteiger partial charge in [-0.1, -0.05) is 15.9 Å². The number of benzene rings is 1. The SMILES string of the molecule is NCC(O)c1c(Br)ccc2c1OCCO2. The minimum atomic E-state index is -0.740. The van der Waals surface area contributed by atoms with Crippen molar-refractivity contribution in [1.82, 2.24) is 0 Å². The van der Waals surface area contributed by atoms with Crippen LogP contribution in [0.4, 0.5) is 0 Å². The van der Waals surface area contributed by atoms with Gasteiger partial charge in [0.05, 0.1) is 6.10 Å². The fourth-order valence-electron chi connectivity index (χ4n) is 1.54. The average Bonchev–Trinajstić information content (AvgIpc) is 2.28. The third kappa shape index (κ3) is 1.95. The molecule has 4 nitrogen and oxygen atoms in total. The molecule has 5 heteroatoms. The van der Waals surface area contributed by atoms with Crippen LogP contribution in [-0.2, 0) is 0 Å². The highest BCUT2D eigenvalue weighted by atomic mass is 79.9. The number of hydrogen-bond donors (Lipinski definition) is 2. The molecule has 15 heavy (non-hydrogen) atoms. The van der Waals surface area contributed by atoms with Crippen LogP contribution in [0.1, 0.15) is 11.7 Å². The lowest BCUT2D eigenvalue weighted by atomic mass is 10.1. The number of fused-ring (bicyclic) bond motifs is 1. The van der Waals surface area contributed by atoms with E-state index in [2.05, 4.69) is 15.9 Å². The van der Waals surface area contributed by atoms with Gasteiger partial charge in [0.25, 0.3) is 0 Å². The Morgan fingerprint density at radius 3 is 2.87 bits per heavy atom. The summed E-state index contributed by atoms with van der Waals surface area (Å²) in [5.74, 6) is 1.25. The Hall–Kier alpha value is -0.780. The van der Waals surface area contributed by atoms with Crippen LogP contribution in [0.25, 0.3) is 0 Å². The van der Waals surface area contributed by atoms with Crippen molar-refractivity contribution in [3.63, 3.8) is 0 Å². The maximum absolute atomic E-state index is 9.78. The van der Waals surface area contributed by atoms with Gasteiger partial charge < -0.3 is 20.3 Å². The fourth-order valence-corrected chi connectivity index (χ4v) is 2.12. The molecular formula is C10H12BrNO3. The van der Waals surface area contributed by atoms with Crippen molar-refractivity contribution in [3.8, 4) is 11.5 Å². The Bertz CT molecular complexity index is 370. The molecule has 0 saturated carbocycles. The number of nitrogens with two attached hydrogens (primary N) is 1. The van der Waals surface area contributed by atoms with E-state index in [9.17, 15) is 5.11 Å². The highest BCUT2D eigenvalue weighted by Crippen LogP contribution is 2.41. The molecule has 1 aliphatic heterocycles. The number of ether oxygens (including phenoxy) is 2. The Balaban J connectivity index is 2.50. The molecule has 0 saturated heterocycles. The monoisotopic (exact) mass is 273 g/mol. The van der Waals surface area contributed by atoms with E-state index in [1.165, 1.54) is 0 Å². The van der Waals surface area contributed by atoms with Gasteiger partial charge in [-0.3, -0.25) is 0 Å². The molecule has 1 aromatic carbocycles. The van der Waals surface area contributed by atoms with Crippen molar-refractivity contribution in [3.05, 3.63) is 22.2 Å². The molecule has 1 aromatic rings. The van der Waals surface area contributed by atoms with E-state index in [1.54, 1.807) is 0 Å². The van der Waals surface area contributed by atoms with Crippen LogP contribution < -0.4 is 15.2 Å². The summed E-state index contributed by atoms with van der Waals surface area (Å²) in [5.41, 5.74) is 6.10. The van der Waals surface area contributed by atoms with E-state index in [0.29, 0.717) is 30.3 Å². The second-order valence-electron chi connectivity index (χ2n) is 3.24. The summed E-state index contributed by atoms with van der Waals surface area (Å²) in [4.78, 5) is 0. The van der Waals surface area contributed by atoms with Crippen molar-refractivity contribution >= 4 is 15.9 Å². The molecule has 1 unspecified atom stereocenters. The van der Waals surface area contributed by atoms with Crippen LogP contribution >= 0.6 is 15.9 Å². The van der Waals surface area contributed by atoms with E-state index in [1.807, 2.05) is 12.1 Å². The molecule has 0 amide bonds. The van der Waals surface area contributed by atoms with Crippen molar-refractivity contribution < 1.29 is 14.6 Å². The van der Waals surface area contributed by atoms with Crippen LogP contribution in [0.15, 0.2) is 16.6 Å². The Morgan fingerprint density at radius 2 is 2.13 bits per heavy atom. The molecule has 0 aliphatic carbocycles. The van der Waals surface area contributed by atoms with Gasteiger partial charge >= 0.3 is 0 Å². The highest BCUT2D eigenvalue weighted by molar-refractivity contribution is 9.10. The summed E-state index contributed by atoms with van der Waals surface area (Å²) in [6, 6.07) is 3.63. The molecular weight excluding hydrogens is 262 g/mol. The van der Waals surface area contributed by atoms with Crippen LogP contribution in [0.5, 0.6) is 11.5 Å². The summed E-state index contributed by atoms with van der Waals surface area (Å²) < 4.78 is 11.7. The molecule has 0 fully saturated rings. The number of hydrogen-bond acceptors (Lipinski definition) is 4. The first-order chi connectivity index (χ1) is 7.24. The predicted octanol–water partition coefficient (Wildman–Crippen LogP) is 1.21. The van der Waals surface area contributed by atoms with E-state index in [0.717, 1.165) is 4.47 Å². The average molecular weight is 274 g/mol. The molecule has 0 radical (unpaired) electrons. The van der Waals surface area contributed by atoms with E-state index in [-0.39, 0.29) is 6.54 Å². The quantitative estimate of drug-likeness (QED) is 0.850. The fraction of sp³-hybridized carbons (Fsp3) is 0.400. The summed E-state index contributed by atoms with van der Waals surface area (Å²) >= 11 is 3.37. The lowest BCUT2D eigenvalue weighted by Crippen LogP contribution is -2.20. The lowest BCUT2D eigenvalue weighted by molar-refractivity contribution is 0.149. The molecule has 1 atom stereocenters. The van der Waals surface area contributed by atoms with Gasteiger partial charge in [0.1, 0.15) is 13.2 Å². The molecule has 0 bridgehead atoms. The Kier molecular flexibility index (Phi) is 3.14. The van der Waals surface area contributed by atoms with Crippen molar-refractivity contribution in [2.75, 3.05) is 19.8 Å².